The van der Waals surface area contributed by atoms with E-state index < -0.39 is 0 Å². The van der Waals surface area contributed by atoms with Crippen LogP contribution < -0.4 is 11.1 Å². The smallest absolute Gasteiger partial charge is 0.234 e. The summed E-state index contributed by atoms with van der Waals surface area (Å²) in [5, 5.41) is 3.31. The Labute approximate surface area is 86.4 Å². The van der Waals surface area contributed by atoms with E-state index in [1.165, 1.54) is 19.3 Å². The Morgan fingerprint density at radius 2 is 2.07 bits per heavy atom. The minimum Gasteiger partial charge on any atom is -0.368 e. The summed E-state index contributed by atoms with van der Waals surface area (Å²) in [5.41, 5.74) is 5.22. The summed E-state index contributed by atoms with van der Waals surface area (Å²) in [7, 11) is 0. The molecule has 0 aliphatic heterocycles. The number of nitrogens with one attached hydrogen (secondary N) is 1. The van der Waals surface area contributed by atoms with E-state index in [0.717, 1.165) is 5.92 Å². The maximum absolute atomic E-state index is 10.9. The van der Waals surface area contributed by atoms with Crippen LogP contribution in [0.2, 0.25) is 0 Å². The molecule has 0 radical (unpaired) electrons. The molecule has 0 saturated heterocycles. The Balaban J connectivity index is 2.41. The molecule has 0 aromatic rings. The van der Waals surface area contributed by atoms with E-state index in [1.54, 1.807) is 0 Å². The fraction of sp³-hybridized carbons (Fsp3) is 0.909. The van der Waals surface area contributed by atoms with Crippen molar-refractivity contribution in [3.05, 3.63) is 0 Å². The van der Waals surface area contributed by atoms with Crippen LogP contribution in [0.3, 0.4) is 0 Å². The van der Waals surface area contributed by atoms with Gasteiger partial charge in [-0.2, -0.15) is 0 Å². The monoisotopic (exact) mass is 198 g/mol. The largest absolute Gasteiger partial charge is 0.368 e. The zero-order valence-electron chi connectivity index (χ0n) is 9.42. The molecule has 1 rings (SSSR count). The van der Waals surface area contributed by atoms with Crippen molar-refractivity contribution in [1.29, 1.82) is 0 Å². The quantitative estimate of drug-likeness (QED) is 0.717. The Kier molecular flexibility index (Phi) is 3.93. The third kappa shape index (κ3) is 2.98. The van der Waals surface area contributed by atoms with Gasteiger partial charge in [0.25, 0.3) is 0 Å². The lowest BCUT2D eigenvalue weighted by molar-refractivity contribution is -0.120. The summed E-state index contributed by atoms with van der Waals surface area (Å²) in [5.74, 6) is 1.23. The number of nitrogens with two attached hydrogens (primary N) is 1. The summed E-state index contributed by atoms with van der Waals surface area (Å²) >= 11 is 0. The first-order chi connectivity index (χ1) is 6.50. The average molecular weight is 198 g/mol. The molecule has 3 heteroatoms. The summed E-state index contributed by atoms with van der Waals surface area (Å²) in [4.78, 5) is 10.9. The maximum atomic E-state index is 10.9. The summed E-state index contributed by atoms with van der Waals surface area (Å²) < 4.78 is 0. The first-order valence-corrected chi connectivity index (χ1v) is 5.56. The highest BCUT2D eigenvalue weighted by Crippen LogP contribution is 2.28. The second-order valence-corrected chi connectivity index (χ2v) is 4.79. The lowest BCUT2D eigenvalue weighted by Gasteiger charge is -2.34. The topological polar surface area (TPSA) is 55.1 Å². The highest BCUT2D eigenvalue weighted by molar-refractivity contribution is 5.79. The second-order valence-electron chi connectivity index (χ2n) is 4.79. The van der Waals surface area contributed by atoms with Crippen molar-refractivity contribution in [3.8, 4) is 0 Å². The molecule has 1 fully saturated rings. The van der Waals surface area contributed by atoms with E-state index in [4.69, 9.17) is 5.73 Å². The minimum absolute atomic E-state index is 0.198. The standard InChI is InChI=1S/C11H22N2O/c1-7-4-5-10(8(2)6-7)13-9(3)11(12)14/h7-10,13H,4-6H2,1-3H3,(H2,12,14). The van der Waals surface area contributed by atoms with Crippen molar-refractivity contribution in [1.82, 2.24) is 5.32 Å². The van der Waals surface area contributed by atoms with Gasteiger partial charge >= 0.3 is 0 Å². The molecule has 0 heterocycles. The molecule has 1 amide bonds. The third-order valence-electron chi connectivity index (χ3n) is 3.32. The number of carbonyl (C=O) groups is 1. The molecular formula is C11H22N2O. The van der Waals surface area contributed by atoms with Gasteiger partial charge in [0.1, 0.15) is 0 Å². The van der Waals surface area contributed by atoms with Gasteiger partial charge in [-0.05, 0) is 38.0 Å². The van der Waals surface area contributed by atoms with Gasteiger partial charge in [0.2, 0.25) is 5.91 Å². The molecule has 0 spiro atoms. The van der Waals surface area contributed by atoms with Gasteiger partial charge in [0.05, 0.1) is 6.04 Å². The van der Waals surface area contributed by atoms with E-state index >= 15 is 0 Å². The van der Waals surface area contributed by atoms with Crippen LogP contribution in [0.4, 0.5) is 0 Å². The molecule has 1 aliphatic rings. The fourth-order valence-electron chi connectivity index (χ4n) is 2.32. The first-order valence-electron chi connectivity index (χ1n) is 5.56. The number of primary amides is 1. The molecule has 82 valence electrons. The van der Waals surface area contributed by atoms with Crippen LogP contribution >= 0.6 is 0 Å². The average Bonchev–Trinajstić information content (AvgIpc) is 2.09. The van der Waals surface area contributed by atoms with E-state index in [9.17, 15) is 4.79 Å². The molecule has 1 saturated carbocycles. The molecule has 4 atom stereocenters. The van der Waals surface area contributed by atoms with Gasteiger partial charge in [0.15, 0.2) is 0 Å². The number of hydrogen-bond donors (Lipinski definition) is 2. The predicted octanol–water partition coefficient (Wildman–Crippen LogP) is 1.27. The number of amides is 1. The normalized spacial score (nSPS) is 35.2. The Morgan fingerprint density at radius 1 is 1.43 bits per heavy atom. The fourth-order valence-corrected chi connectivity index (χ4v) is 2.32. The number of hydrogen-bond acceptors (Lipinski definition) is 2. The Bertz CT molecular complexity index is 205. The summed E-state index contributed by atoms with van der Waals surface area (Å²) in [6, 6.07) is 0.268. The van der Waals surface area contributed by atoms with Gasteiger partial charge in [-0.1, -0.05) is 13.8 Å². The number of rotatable bonds is 3. The lowest BCUT2D eigenvalue weighted by Crippen LogP contribution is -2.48. The van der Waals surface area contributed by atoms with Gasteiger partial charge in [-0.25, -0.2) is 0 Å². The van der Waals surface area contributed by atoms with Crippen LogP contribution in [0.25, 0.3) is 0 Å². The SMILES string of the molecule is CC1CCC(NC(C)C(N)=O)C(C)C1. The van der Waals surface area contributed by atoms with Crippen LogP contribution in [-0.2, 0) is 4.79 Å². The Hall–Kier alpha value is -0.570. The molecule has 14 heavy (non-hydrogen) atoms. The Morgan fingerprint density at radius 3 is 2.57 bits per heavy atom. The maximum Gasteiger partial charge on any atom is 0.234 e. The van der Waals surface area contributed by atoms with E-state index in [0.29, 0.717) is 12.0 Å². The van der Waals surface area contributed by atoms with Crippen molar-refractivity contribution in [2.75, 3.05) is 0 Å². The van der Waals surface area contributed by atoms with Gasteiger partial charge in [-0.15, -0.1) is 0 Å². The van der Waals surface area contributed by atoms with Crippen LogP contribution in [0, 0.1) is 11.8 Å². The van der Waals surface area contributed by atoms with Gasteiger partial charge in [0, 0.05) is 6.04 Å². The van der Waals surface area contributed by atoms with Crippen molar-refractivity contribution in [3.63, 3.8) is 0 Å². The van der Waals surface area contributed by atoms with Gasteiger partial charge in [-0.3, -0.25) is 4.79 Å². The van der Waals surface area contributed by atoms with E-state index in [2.05, 4.69) is 19.2 Å². The van der Waals surface area contributed by atoms with E-state index in [1.807, 2.05) is 6.92 Å². The number of carbonyl (C=O) groups excluding carboxylic acids is 1. The second kappa shape index (κ2) is 4.78. The summed E-state index contributed by atoms with van der Waals surface area (Å²) in [6.07, 6.45) is 3.68. The lowest BCUT2D eigenvalue weighted by atomic mass is 9.79. The molecule has 0 aromatic heterocycles. The van der Waals surface area contributed by atoms with Crippen LogP contribution in [0.1, 0.15) is 40.0 Å². The van der Waals surface area contributed by atoms with Crippen molar-refractivity contribution < 1.29 is 4.79 Å². The molecule has 0 aromatic carbocycles. The molecule has 0 bridgehead atoms. The molecule has 3 nitrogen and oxygen atoms in total. The third-order valence-corrected chi connectivity index (χ3v) is 3.32. The predicted molar refractivity (Wildman–Crippen MR) is 57.8 cm³/mol. The molecule has 3 N–H and O–H groups in total. The van der Waals surface area contributed by atoms with Crippen LogP contribution in [-0.4, -0.2) is 18.0 Å². The van der Waals surface area contributed by atoms with Gasteiger partial charge < -0.3 is 11.1 Å². The first kappa shape index (κ1) is 11.5. The molecule has 1 aliphatic carbocycles. The highest BCUT2D eigenvalue weighted by Gasteiger charge is 2.26. The van der Waals surface area contributed by atoms with E-state index in [-0.39, 0.29) is 11.9 Å². The zero-order valence-corrected chi connectivity index (χ0v) is 9.42. The summed E-state index contributed by atoms with van der Waals surface area (Å²) in [6.45, 7) is 6.39. The zero-order chi connectivity index (χ0) is 10.7. The van der Waals surface area contributed by atoms with Crippen molar-refractivity contribution in [2.45, 2.75) is 52.1 Å². The van der Waals surface area contributed by atoms with Crippen molar-refractivity contribution in [2.24, 2.45) is 17.6 Å². The van der Waals surface area contributed by atoms with Crippen LogP contribution in [0.5, 0.6) is 0 Å². The van der Waals surface area contributed by atoms with Crippen molar-refractivity contribution >= 4 is 5.91 Å². The van der Waals surface area contributed by atoms with Crippen LogP contribution in [0.15, 0.2) is 0 Å². The highest BCUT2D eigenvalue weighted by atomic mass is 16.1. The molecular weight excluding hydrogens is 176 g/mol. The molecule has 4 unspecified atom stereocenters. The minimum atomic E-state index is -0.254.